The van der Waals surface area contributed by atoms with Gasteiger partial charge in [-0.1, -0.05) is 11.6 Å². The molecule has 1 heterocycles. The van der Waals surface area contributed by atoms with E-state index >= 15 is 0 Å². The number of rotatable bonds is 3. The molecule has 0 spiro atoms. The highest BCUT2D eigenvalue weighted by Gasteiger charge is 2.07. The Morgan fingerprint density at radius 3 is 2.83 bits per heavy atom. The molecule has 0 aliphatic heterocycles. The molecule has 0 bridgehead atoms. The summed E-state index contributed by atoms with van der Waals surface area (Å²) in [5.41, 5.74) is 6.09. The van der Waals surface area contributed by atoms with E-state index in [1.165, 1.54) is 7.11 Å². The number of nitrogens with zero attached hydrogens (tertiary/aromatic N) is 2. The molecule has 0 saturated heterocycles. The highest BCUT2D eigenvalue weighted by molar-refractivity contribution is 9.10. The summed E-state index contributed by atoms with van der Waals surface area (Å²) < 4.78 is 11.1. The van der Waals surface area contributed by atoms with Crippen molar-refractivity contribution in [3.63, 3.8) is 0 Å². The minimum absolute atomic E-state index is 0.163. The second-order valence-electron chi connectivity index (χ2n) is 3.30. The molecule has 1 aromatic carbocycles. The molecule has 0 atom stereocenters. The van der Waals surface area contributed by atoms with E-state index in [1.54, 1.807) is 24.4 Å². The molecule has 0 fully saturated rings. The minimum atomic E-state index is 0.163. The fourth-order valence-electron chi connectivity index (χ4n) is 1.21. The first kappa shape index (κ1) is 12.9. The predicted octanol–water partition coefficient (Wildman–Crippen LogP) is 3.28. The van der Waals surface area contributed by atoms with E-state index in [1.807, 2.05) is 0 Å². The van der Waals surface area contributed by atoms with Crippen LogP contribution in [-0.2, 0) is 0 Å². The van der Waals surface area contributed by atoms with Gasteiger partial charge in [-0.2, -0.15) is 4.98 Å². The number of methoxy groups -OCH3 is 1. The maximum absolute atomic E-state index is 5.89. The number of hydrogen-bond donors (Lipinski definition) is 1. The van der Waals surface area contributed by atoms with Gasteiger partial charge in [0.25, 0.3) is 0 Å². The summed E-state index contributed by atoms with van der Waals surface area (Å²) in [5.74, 6) is 0.889. The lowest BCUT2D eigenvalue weighted by Crippen LogP contribution is -1.96. The van der Waals surface area contributed by atoms with Gasteiger partial charge in [0.1, 0.15) is 5.75 Å². The van der Waals surface area contributed by atoms with Crippen LogP contribution >= 0.6 is 27.5 Å². The molecular weight excluding hydrogens is 321 g/mol. The molecule has 0 aliphatic carbocycles. The Hall–Kier alpha value is -1.53. The van der Waals surface area contributed by atoms with Crippen molar-refractivity contribution in [3.05, 3.63) is 33.9 Å². The van der Waals surface area contributed by atoms with Crippen LogP contribution in [0, 0.1) is 0 Å². The summed E-state index contributed by atoms with van der Waals surface area (Å²) in [5, 5.41) is 0.413. The van der Waals surface area contributed by atoms with Gasteiger partial charge in [0.05, 0.1) is 28.5 Å². The Kier molecular flexibility index (Phi) is 3.88. The zero-order chi connectivity index (χ0) is 13.1. The fraction of sp³-hybridized carbons (Fsp3) is 0.0909. The van der Waals surface area contributed by atoms with Crippen LogP contribution in [0.1, 0.15) is 0 Å². The fourth-order valence-corrected chi connectivity index (χ4v) is 1.73. The summed E-state index contributed by atoms with van der Waals surface area (Å²) in [7, 11) is 1.51. The molecule has 0 radical (unpaired) electrons. The highest BCUT2D eigenvalue weighted by Crippen LogP contribution is 2.28. The Morgan fingerprint density at radius 2 is 2.17 bits per heavy atom. The van der Waals surface area contributed by atoms with Crippen molar-refractivity contribution in [2.24, 2.45) is 0 Å². The standard InChI is InChI=1S/C11H9BrClN3O2/c1-17-10-7(12)5-15-11(16-10)18-6-2-3-9(14)8(13)4-6/h2-5H,14H2,1H3. The first-order valence-corrected chi connectivity index (χ1v) is 6.06. The van der Waals surface area contributed by atoms with Gasteiger partial charge in [0.15, 0.2) is 0 Å². The molecule has 2 aromatic rings. The number of anilines is 1. The summed E-state index contributed by atoms with van der Waals surface area (Å²) in [6.45, 7) is 0. The summed E-state index contributed by atoms with van der Waals surface area (Å²) in [6, 6.07) is 5.08. The Morgan fingerprint density at radius 1 is 1.39 bits per heavy atom. The van der Waals surface area contributed by atoms with E-state index in [2.05, 4.69) is 25.9 Å². The van der Waals surface area contributed by atoms with Crippen molar-refractivity contribution < 1.29 is 9.47 Å². The molecule has 0 aliphatic rings. The quantitative estimate of drug-likeness (QED) is 0.875. The first-order valence-electron chi connectivity index (χ1n) is 4.89. The molecule has 94 valence electrons. The van der Waals surface area contributed by atoms with E-state index in [4.69, 9.17) is 26.8 Å². The van der Waals surface area contributed by atoms with Crippen molar-refractivity contribution in [2.45, 2.75) is 0 Å². The summed E-state index contributed by atoms with van der Waals surface area (Å²) >= 11 is 9.14. The molecule has 0 unspecified atom stereocenters. The summed E-state index contributed by atoms with van der Waals surface area (Å²) in [4.78, 5) is 8.06. The van der Waals surface area contributed by atoms with Crippen LogP contribution in [0.5, 0.6) is 17.6 Å². The number of nitrogens with two attached hydrogens (primary N) is 1. The van der Waals surface area contributed by atoms with Gasteiger partial charge >= 0.3 is 6.01 Å². The molecule has 0 saturated carbocycles. The molecule has 5 nitrogen and oxygen atoms in total. The number of nitrogen functional groups attached to an aromatic ring is 1. The molecule has 18 heavy (non-hydrogen) atoms. The van der Waals surface area contributed by atoms with Crippen molar-refractivity contribution in [2.75, 3.05) is 12.8 Å². The van der Waals surface area contributed by atoms with Crippen LogP contribution in [0.3, 0.4) is 0 Å². The molecule has 2 rings (SSSR count). The smallest absolute Gasteiger partial charge is 0.325 e. The number of benzene rings is 1. The van der Waals surface area contributed by atoms with Crippen molar-refractivity contribution in [1.82, 2.24) is 9.97 Å². The molecular formula is C11H9BrClN3O2. The van der Waals surface area contributed by atoms with Gasteiger partial charge in [0, 0.05) is 6.07 Å². The van der Waals surface area contributed by atoms with Gasteiger partial charge < -0.3 is 15.2 Å². The predicted molar refractivity (Wildman–Crippen MR) is 72.2 cm³/mol. The van der Waals surface area contributed by atoms with Gasteiger partial charge in [-0.05, 0) is 28.1 Å². The van der Waals surface area contributed by atoms with Gasteiger partial charge in [-0.25, -0.2) is 4.98 Å². The van der Waals surface area contributed by atoms with Crippen molar-refractivity contribution in [1.29, 1.82) is 0 Å². The average Bonchev–Trinajstić information content (AvgIpc) is 2.36. The Labute approximate surface area is 117 Å². The zero-order valence-corrected chi connectivity index (χ0v) is 11.7. The van der Waals surface area contributed by atoms with E-state index < -0.39 is 0 Å². The number of aromatic nitrogens is 2. The van der Waals surface area contributed by atoms with Crippen LogP contribution in [0.4, 0.5) is 5.69 Å². The summed E-state index contributed by atoms with van der Waals surface area (Å²) in [6.07, 6.45) is 1.54. The third kappa shape index (κ3) is 2.83. The number of ether oxygens (including phenoxy) is 2. The SMILES string of the molecule is COc1nc(Oc2ccc(N)c(Cl)c2)ncc1Br. The Balaban J connectivity index is 2.25. The third-order valence-corrected chi connectivity index (χ3v) is 2.94. The third-order valence-electron chi connectivity index (χ3n) is 2.06. The molecule has 0 amide bonds. The van der Waals surface area contributed by atoms with Crippen LogP contribution in [-0.4, -0.2) is 17.1 Å². The largest absolute Gasteiger partial charge is 0.480 e. The second kappa shape index (κ2) is 5.41. The lowest BCUT2D eigenvalue weighted by molar-refractivity contribution is 0.373. The zero-order valence-electron chi connectivity index (χ0n) is 9.35. The van der Waals surface area contributed by atoms with Gasteiger partial charge in [-0.15, -0.1) is 0 Å². The van der Waals surface area contributed by atoms with Crippen LogP contribution in [0.15, 0.2) is 28.9 Å². The van der Waals surface area contributed by atoms with E-state index in [-0.39, 0.29) is 6.01 Å². The lowest BCUT2D eigenvalue weighted by Gasteiger charge is -2.07. The van der Waals surface area contributed by atoms with E-state index in [0.717, 1.165) is 0 Å². The Bertz CT molecular complexity index is 580. The van der Waals surface area contributed by atoms with Gasteiger partial charge in [-0.3, -0.25) is 0 Å². The highest BCUT2D eigenvalue weighted by atomic mass is 79.9. The first-order chi connectivity index (χ1) is 8.60. The monoisotopic (exact) mass is 329 g/mol. The van der Waals surface area contributed by atoms with E-state index in [9.17, 15) is 0 Å². The minimum Gasteiger partial charge on any atom is -0.480 e. The van der Waals surface area contributed by atoms with Crippen LogP contribution < -0.4 is 15.2 Å². The second-order valence-corrected chi connectivity index (χ2v) is 4.56. The van der Waals surface area contributed by atoms with Gasteiger partial charge in [0.2, 0.25) is 5.88 Å². The number of halogens is 2. The average molecular weight is 331 g/mol. The van der Waals surface area contributed by atoms with Crippen LogP contribution in [0.25, 0.3) is 0 Å². The van der Waals surface area contributed by atoms with Crippen molar-refractivity contribution in [3.8, 4) is 17.6 Å². The number of hydrogen-bond acceptors (Lipinski definition) is 5. The lowest BCUT2D eigenvalue weighted by atomic mass is 10.3. The maximum atomic E-state index is 5.89. The molecule has 2 N–H and O–H groups in total. The van der Waals surface area contributed by atoms with Crippen LogP contribution in [0.2, 0.25) is 5.02 Å². The molecule has 7 heteroatoms. The molecule has 1 aromatic heterocycles. The normalized spacial score (nSPS) is 10.2. The van der Waals surface area contributed by atoms with E-state index in [0.29, 0.717) is 26.8 Å². The maximum Gasteiger partial charge on any atom is 0.325 e. The van der Waals surface area contributed by atoms with Crippen molar-refractivity contribution >= 4 is 33.2 Å². The topological polar surface area (TPSA) is 70.3 Å².